The molecular weight excluding hydrogens is 302 g/mol. The Morgan fingerprint density at radius 3 is 2.88 bits per heavy atom. The maximum absolute atomic E-state index is 12.1. The number of pyridine rings is 1. The first-order chi connectivity index (χ1) is 11.7. The van der Waals surface area contributed by atoms with Crippen LogP contribution in [0.5, 0.6) is 5.75 Å². The molecule has 0 unspecified atom stereocenters. The average molecular weight is 317 g/mol. The van der Waals surface area contributed by atoms with Gasteiger partial charge in [0.2, 0.25) is 6.29 Å². The van der Waals surface area contributed by atoms with Gasteiger partial charge in [-0.3, -0.25) is 9.78 Å². The molecule has 0 amide bonds. The number of rotatable bonds is 0. The van der Waals surface area contributed by atoms with Gasteiger partial charge in [-0.25, -0.2) is 0 Å². The van der Waals surface area contributed by atoms with E-state index in [9.17, 15) is 9.90 Å². The second-order valence-electron chi connectivity index (χ2n) is 6.33. The first-order valence-electron chi connectivity index (χ1n) is 8.16. The Labute approximate surface area is 138 Å². The van der Waals surface area contributed by atoms with Crippen molar-refractivity contribution in [2.75, 3.05) is 0 Å². The molecule has 3 aromatic rings. The lowest BCUT2D eigenvalue weighted by atomic mass is 9.90. The predicted octanol–water partition coefficient (Wildman–Crippen LogP) is 3.80. The van der Waals surface area contributed by atoms with E-state index in [-0.39, 0.29) is 5.78 Å². The molecule has 118 valence electrons. The summed E-state index contributed by atoms with van der Waals surface area (Å²) in [6, 6.07) is 13.7. The van der Waals surface area contributed by atoms with Gasteiger partial charge in [-0.1, -0.05) is 30.3 Å². The first-order valence-corrected chi connectivity index (χ1v) is 8.16. The summed E-state index contributed by atoms with van der Waals surface area (Å²) >= 11 is 0. The van der Waals surface area contributed by atoms with Gasteiger partial charge < -0.3 is 9.84 Å². The highest BCUT2D eigenvalue weighted by atomic mass is 16.6. The molecule has 24 heavy (non-hydrogen) atoms. The van der Waals surface area contributed by atoms with Crippen LogP contribution in [0.4, 0.5) is 0 Å². The number of hydrogen-bond donors (Lipinski definition) is 1. The van der Waals surface area contributed by atoms with Crippen molar-refractivity contribution >= 4 is 16.6 Å². The normalized spacial score (nSPS) is 18.5. The highest BCUT2D eigenvalue weighted by Gasteiger charge is 2.30. The van der Waals surface area contributed by atoms with Crippen molar-refractivity contribution in [2.24, 2.45) is 0 Å². The molecule has 2 aromatic carbocycles. The van der Waals surface area contributed by atoms with Crippen LogP contribution in [0.25, 0.3) is 22.0 Å². The van der Waals surface area contributed by atoms with Crippen molar-refractivity contribution < 1.29 is 14.6 Å². The van der Waals surface area contributed by atoms with Gasteiger partial charge in [0.15, 0.2) is 5.78 Å². The van der Waals surface area contributed by atoms with E-state index >= 15 is 0 Å². The number of aromatic nitrogens is 1. The number of carbonyl (C=O) groups is 1. The van der Waals surface area contributed by atoms with E-state index in [1.807, 2.05) is 36.4 Å². The minimum absolute atomic E-state index is 0.100. The summed E-state index contributed by atoms with van der Waals surface area (Å²) in [4.78, 5) is 16.9. The van der Waals surface area contributed by atoms with Gasteiger partial charge in [-0.2, -0.15) is 0 Å². The molecule has 0 fully saturated rings. The fourth-order valence-electron chi connectivity index (χ4n) is 3.69. The lowest BCUT2D eigenvalue weighted by molar-refractivity contribution is -0.0205. The molecule has 1 aromatic heterocycles. The van der Waals surface area contributed by atoms with Crippen LogP contribution in [-0.2, 0) is 6.42 Å². The molecule has 0 radical (unpaired) electrons. The Bertz CT molecular complexity index is 1010. The largest absolute Gasteiger partial charge is 0.459 e. The lowest BCUT2D eigenvalue weighted by Gasteiger charge is -2.27. The van der Waals surface area contributed by atoms with Crippen LogP contribution < -0.4 is 4.74 Å². The Balaban J connectivity index is 1.81. The fraction of sp³-hybridized carbons (Fsp3) is 0.200. The van der Waals surface area contributed by atoms with Gasteiger partial charge in [0, 0.05) is 28.5 Å². The average Bonchev–Trinajstić information content (AvgIpc) is 2.61. The van der Waals surface area contributed by atoms with Crippen LogP contribution in [-0.4, -0.2) is 15.9 Å². The zero-order valence-corrected chi connectivity index (χ0v) is 13.0. The third kappa shape index (κ3) is 1.83. The highest BCUT2D eigenvalue weighted by Crippen LogP contribution is 2.45. The van der Waals surface area contributed by atoms with Gasteiger partial charge in [0.05, 0.1) is 11.4 Å². The third-order valence-corrected chi connectivity index (χ3v) is 4.88. The number of ether oxygens (including phenoxy) is 1. The number of carbonyl (C=O) groups excluding carboxylic acids is 1. The molecule has 1 aliphatic heterocycles. The summed E-state index contributed by atoms with van der Waals surface area (Å²) in [7, 11) is 0. The molecule has 4 nitrogen and oxygen atoms in total. The standard InChI is InChI=1S/C20H15NO3/c22-17-7-3-6-16-14(17)10-15-18(21-16)13-9-8-11-4-1-2-5-12(11)19(13)24-20(15)23/h1-2,4-5,8-10,20,23H,3,6-7H2/t20-/m0/s1. The summed E-state index contributed by atoms with van der Waals surface area (Å²) in [5.41, 5.74) is 3.63. The maximum Gasteiger partial charge on any atom is 0.226 e. The van der Waals surface area contributed by atoms with E-state index in [1.165, 1.54) is 0 Å². The van der Waals surface area contributed by atoms with Crippen LogP contribution in [0.3, 0.4) is 0 Å². The van der Waals surface area contributed by atoms with Crippen molar-refractivity contribution in [3.05, 3.63) is 59.3 Å². The molecule has 4 heteroatoms. The summed E-state index contributed by atoms with van der Waals surface area (Å²) in [6.45, 7) is 0. The summed E-state index contributed by atoms with van der Waals surface area (Å²) in [6.07, 6.45) is 1.08. The van der Waals surface area contributed by atoms with Gasteiger partial charge >= 0.3 is 0 Å². The smallest absolute Gasteiger partial charge is 0.226 e. The number of fused-ring (bicyclic) bond motifs is 6. The van der Waals surface area contributed by atoms with Crippen LogP contribution in [0.15, 0.2) is 42.5 Å². The summed E-state index contributed by atoms with van der Waals surface area (Å²) in [5.74, 6) is 0.755. The van der Waals surface area contributed by atoms with Crippen molar-refractivity contribution in [1.29, 1.82) is 0 Å². The second-order valence-corrected chi connectivity index (χ2v) is 6.33. The SMILES string of the molecule is O=C1CCCc2nc3c(cc21)[C@@H](O)Oc1c-3ccc2ccccc12. The number of aryl methyl sites for hydroxylation is 1. The molecule has 0 saturated carbocycles. The molecule has 2 heterocycles. The zero-order chi connectivity index (χ0) is 16.3. The molecule has 0 spiro atoms. The number of nitrogens with zero attached hydrogens (tertiary/aromatic N) is 1. The zero-order valence-electron chi connectivity index (χ0n) is 13.0. The molecule has 1 aliphatic carbocycles. The molecule has 2 aliphatic rings. The summed E-state index contributed by atoms with van der Waals surface area (Å²) < 4.78 is 5.80. The molecular formula is C20H15NO3. The quantitative estimate of drug-likeness (QED) is 0.685. The van der Waals surface area contributed by atoms with Gasteiger partial charge in [0.1, 0.15) is 5.75 Å². The number of aliphatic hydroxyl groups excluding tert-OH is 1. The van der Waals surface area contributed by atoms with E-state index in [0.29, 0.717) is 23.3 Å². The Hall–Kier alpha value is -2.72. The van der Waals surface area contributed by atoms with Gasteiger partial charge in [-0.05, 0) is 30.4 Å². The number of hydrogen-bond acceptors (Lipinski definition) is 4. The Morgan fingerprint density at radius 2 is 1.96 bits per heavy atom. The van der Waals surface area contributed by atoms with Crippen molar-refractivity contribution in [3.63, 3.8) is 0 Å². The fourth-order valence-corrected chi connectivity index (χ4v) is 3.69. The number of Topliss-reactive ketones (excluding diaryl/α,β-unsaturated/α-hetero) is 1. The first kappa shape index (κ1) is 13.7. The van der Waals surface area contributed by atoms with Crippen molar-refractivity contribution in [2.45, 2.75) is 25.6 Å². The molecule has 1 atom stereocenters. The highest BCUT2D eigenvalue weighted by molar-refractivity contribution is 6.00. The van der Waals surface area contributed by atoms with Crippen LogP contribution in [0, 0.1) is 0 Å². The van der Waals surface area contributed by atoms with Gasteiger partial charge in [-0.15, -0.1) is 0 Å². The number of aliphatic hydroxyl groups is 1. The maximum atomic E-state index is 12.1. The van der Waals surface area contributed by atoms with Crippen LogP contribution in [0.2, 0.25) is 0 Å². The molecule has 5 rings (SSSR count). The van der Waals surface area contributed by atoms with E-state index in [2.05, 4.69) is 0 Å². The van der Waals surface area contributed by atoms with E-state index in [4.69, 9.17) is 9.72 Å². The van der Waals surface area contributed by atoms with Crippen molar-refractivity contribution in [1.82, 2.24) is 4.98 Å². The van der Waals surface area contributed by atoms with Crippen molar-refractivity contribution in [3.8, 4) is 17.0 Å². The minimum Gasteiger partial charge on any atom is -0.459 e. The number of ketones is 1. The lowest BCUT2D eigenvalue weighted by Crippen LogP contribution is -2.20. The molecule has 0 bridgehead atoms. The van der Waals surface area contributed by atoms with Gasteiger partial charge in [0.25, 0.3) is 0 Å². The monoisotopic (exact) mass is 317 g/mol. The topological polar surface area (TPSA) is 59.4 Å². The predicted molar refractivity (Wildman–Crippen MR) is 90.0 cm³/mol. The number of benzene rings is 2. The van der Waals surface area contributed by atoms with Crippen LogP contribution >= 0.6 is 0 Å². The third-order valence-electron chi connectivity index (χ3n) is 4.88. The Morgan fingerprint density at radius 1 is 1.08 bits per heavy atom. The van der Waals surface area contributed by atoms with E-state index < -0.39 is 6.29 Å². The van der Waals surface area contributed by atoms with Crippen LogP contribution in [0.1, 0.15) is 40.7 Å². The summed E-state index contributed by atoms with van der Waals surface area (Å²) in [5, 5.41) is 12.5. The van der Waals surface area contributed by atoms with E-state index in [1.54, 1.807) is 6.07 Å². The Kier molecular flexibility index (Phi) is 2.79. The van der Waals surface area contributed by atoms with E-state index in [0.717, 1.165) is 40.6 Å². The minimum atomic E-state index is -1.11. The second kappa shape index (κ2) is 4.89. The molecule has 1 N–H and O–H groups in total. The molecule has 0 saturated heterocycles.